The third-order valence-corrected chi connectivity index (χ3v) is 3.35. The van der Waals surface area contributed by atoms with Crippen LogP contribution in [0.4, 0.5) is 0 Å². The van der Waals surface area contributed by atoms with Crippen LogP contribution in [-0.4, -0.2) is 25.5 Å². The molecule has 3 aromatic heterocycles. The van der Waals surface area contributed by atoms with Crippen molar-refractivity contribution in [1.29, 1.82) is 0 Å². The molecule has 0 atom stereocenters. The molecule has 0 amide bonds. The van der Waals surface area contributed by atoms with E-state index in [0.29, 0.717) is 6.54 Å². The maximum Gasteiger partial charge on any atom is 0.193 e. The molecule has 3 rings (SSSR count). The number of hydrogen-bond acceptors (Lipinski definition) is 4. The Morgan fingerprint density at radius 3 is 3.06 bits per heavy atom. The Labute approximate surface area is 103 Å². The smallest absolute Gasteiger partial charge is 0.193 e. The molecule has 0 aliphatic rings. The highest BCUT2D eigenvalue weighted by Gasteiger charge is 2.04. The molecule has 2 N–H and O–H groups in total. The van der Waals surface area contributed by atoms with Gasteiger partial charge in [0.2, 0.25) is 0 Å². The van der Waals surface area contributed by atoms with Crippen molar-refractivity contribution in [1.82, 2.24) is 18.9 Å². The summed E-state index contributed by atoms with van der Waals surface area (Å²) in [5, 5.41) is 2.03. The van der Waals surface area contributed by atoms with Gasteiger partial charge in [-0.15, -0.1) is 11.3 Å². The van der Waals surface area contributed by atoms with Crippen LogP contribution in [-0.2, 0) is 13.0 Å². The molecule has 88 valence electrons. The van der Waals surface area contributed by atoms with Crippen LogP contribution in [0.2, 0.25) is 0 Å². The van der Waals surface area contributed by atoms with E-state index in [1.807, 2.05) is 33.1 Å². The van der Waals surface area contributed by atoms with E-state index < -0.39 is 0 Å². The Morgan fingerprint density at radius 2 is 2.24 bits per heavy atom. The zero-order valence-electron chi connectivity index (χ0n) is 9.28. The Kier molecular flexibility index (Phi) is 2.66. The van der Waals surface area contributed by atoms with Gasteiger partial charge in [-0.1, -0.05) is 0 Å². The SMILES string of the molecule is NCCc1cn(Cc2cn3ccsc3n2)cn1. The van der Waals surface area contributed by atoms with Gasteiger partial charge in [-0.05, 0) is 6.54 Å². The molecular weight excluding hydrogens is 234 g/mol. The Hall–Kier alpha value is -1.66. The van der Waals surface area contributed by atoms with Crippen LogP contribution >= 0.6 is 11.3 Å². The topological polar surface area (TPSA) is 61.1 Å². The molecule has 0 aliphatic heterocycles. The zero-order chi connectivity index (χ0) is 11.7. The molecule has 0 unspecified atom stereocenters. The van der Waals surface area contributed by atoms with Crippen molar-refractivity contribution >= 4 is 16.3 Å². The molecular formula is C11H13N5S. The first-order chi connectivity index (χ1) is 8.35. The summed E-state index contributed by atoms with van der Waals surface area (Å²) in [5.41, 5.74) is 7.58. The molecule has 17 heavy (non-hydrogen) atoms. The van der Waals surface area contributed by atoms with Gasteiger partial charge in [-0.25, -0.2) is 9.97 Å². The van der Waals surface area contributed by atoms with Crippen LogP contribution < -0.4 is 5.73 Å². The summed E-state index contributed by atoms with van der Waals surface area (Å²) in [6.07, 6.45) is 8.75. The van der Waals surface area contributed by atoms with Gasteiger partial charge in [0.1, 0.15) is 0 Å². The van der Waals surface area contributed by atoms with Gasteiger partial charge in [-0.3, -0.25) is 4.40 Å². The summed E-state index contributed by atoms with van der Waals surface area (Å²) >= 11 is 1.64. The van der Waals surface area contributed by atoms with Crippen molar-refractivity contribution in [3.05, 3.63) is 41.7 Å². The minimum atomic E-state index is 0.636. The van der Waals surface area contributed by atoms with Gasteiger partial charge in [0.25, 0.3) is 0 Å². The van der Waals surface area contributed by atoms with Crippen molar-refractivity contribution in [2.75, 3.05) is 6.54 Å². The molecule has 0 aliphatic carbocycles. The van der Waals surface area contributed by atoms with Crippen LogP contribution in [0.15, 0.2) is 30.3 Å². The monoisotopic (exact) mass is 247 g/mol. The molecule has 3 aromatic rings. The number of imidazole rings is 2. The van der Waals surface area contributed by atoms with Crippen LogP contribution in [0.3, 0.4) is 0 Å². The predicted molar refractivity (Wildman–Crippen MR) is 67.2 cm³/mol. The first-order valence-electron chi connectivity index (χ1n) is 5.47. The van der Waals surface area contributed by atoms with E-state index in [-0.39, 0.29) is 0 Å². The highest BCUT2D eigenvalue weighted by Crippen LogP contribution is 2.12. The fraction of sp³-hybridized carbons (Fsp3) is 0.273. The third-order valence-electron chi connectivity index (χ3n) is 2.57. The van der Waals surface area contributed by atoms with Crippen molar-refractivity contribution in [2.45, 2.75) is 13.0 Å². The molecule has 0 bridgehead atoms. The minimum absolute atomic E-state index is 0.636. The summed E-state index contributed by atoms with van der Waals surface area (Å²) in [6, 6.07) is 0. The molecule has 0 aromatic carbocycles. The molecule has 6 heteroatoms. The lowest BCUT2D eigenvalue weighted by Gasteiger charge is -1.96. The van der Waals surface area contributed by atoms with Gasteiger partial charge in [0.15, 0.2) is 4.96 Å². The molecule has 0 radical (unpaired) electrons. The van der Waals surface area contributed by atoms with E-state index in [0.717, 1.165) is 29.3 Å². The second-order valence-electron chi connectivity index (χ2n) is 3.90. The number of nitrogens with two attached hydrogens (primary N) is 1. The summed E-state index contributed by atoms with van der Waals surface area (Å²) in [7, 11) is 0. The fourth-order valence-corrected chi connectivity index (χ4v) is 2.53. The molecule has 3 heterocycles. The van der Waals surface area contributed by atoms with Crippen molar-refractivity contribution < 1.29 is 0 Å². The number of thiazole rings is 1. The largest absolute Gasteiger partial charge is 0.331 e. The van der Waals surface area contributed by atoms with E-state index in [1.54, 1.807) is 11.3 Å². The maximum absolute atomic E-state index is 5.50. The van der Waals surface area contributed by atoms with Crippen LogP contribution in [0.25, 0.3) is 4.96 Å². The minimum Gasteiger partial charge on any atom is -0.331 e. The van der Waals surface area contributed by atoms with Crippen LogP contribution in [0.5, 0.6) is 0 Å². The predicted octanol–water partition coefficient (Wildman–Crippen LogP) is 1.14. The Bertz CT molecular complexity index is 592. The Balaban J connectivity index is 1.79. The average Bonchev–Trinajstić information content (AvgIpc) is 2.95. The number of fused-ring (bicyclic) bond motifs is 1. The van der Waals surface area contributed by atoms with Crippen molar-refractivity contribution in [2.24, 2.45) is 5.73 Å². The zero-order valence-corrected chi connectivity index (χ0v) is 10.1. The summed E-state index contributed by atoms with van der Waals surface area (Å²) in [6.45, 7) is 1.39. The van der Waals surface area contributed by atoms with Crippen molar-refractivity contribution in [3.63, 3.8) is 0 Å². The lowest BCUT2D eigenvalue weighted by Crippen LogP contribution is -2.02. The standard InChI is InChI=1S/C11H13N5S/c12-2-1-9-5-15(8-13-9)6-10-7-16-3-4-17-11(16)14-10/h3-5,7-8H,1-2,6,12H2. The maximum atomic E-state index is 5.50. The summed E-state index contributed by atoms with van der Waals surface area (Å²) in [5.74, 6) is 0. The van der Waals surface area contributed by atoms with Crippen LogP contribution in [0.1, 0.15) is 11.4 Å². The van der Waals surface area contributed by atoms with Gasteiger partial charge in [-0.2, -0.15) is 0 Å². The van der Waals surface area contributed by atoms with E-state index in [2.05, 4.69) is 16.2 Å². The van der Waals surface area contributed by atoms with Gasteiger partial charge < -0.3 is 10.3 Å². The molecule has 0 saturated carbocycles. The first kappa shape index (κ1) is 10.5. The molecule has 0 fully saturated rings. The second kappa shape index (κ2) is 4.31. The summed E-state index contributed by atoms with van der Waals surface area (Å²) < 4.78 is 4.08. The van der Waals surface area contributed by atoms with Gasteiger partial charge in [0, 0.05) is 30.4 Å². The normalized spacial score (nSPS) is 11.4. The lowest BCUT2D eigenvalue weighted by atomic mass is 10.3. The second-order valence-corrected chi connectivity index (χ2v) is 4.77. The number of hydrogen-bond donors (Lipinski definition) is 1. The van der Waals surface area contributed by atoms with E-state index in [9.17, 15) is 0 Å². The van der Waals surface area contributed by atoms with Gasteiger partial charge >= 0.3 is 0 Å². The van der Waals surface area contributed by atoms with Gasteiger partial charge in [0.05, 0.1) is 24.3 Å². The van der Waals surface area contributed by atoms with Crippen LogP contribution in [0, 0.1) is 0 Å². The lowest BCUT2D eigenvalue weighted by molar-refractivity contribution is 0.777. The van der Waals surface area contributed by atoms with E-state index in [1.165, 1.54) is 0 Å². The average molecular weight is 247 g/mol. The fourth-order valence-electron chi connectivity index (χ4n) is 1.81. The molecule has 5 nitrogen and oxygen atoms in total. The summed E-state index contributed by atoms with van der Waals surface area (Å²) in [4.78, 5) is 9.86. The molecule has 0 saturated heterocycles. The third kappa shape index (κ3) is 2.09. The van der Waals surface area contributed by atoms with E-state index >= 15 is 0 Å². The number of rotatable bonds is 4. The highest BCUT2D eigenvalue weighted by molar-refractivity contribution is 7.15. The number of aromatic nitrogens is 4. The number of nitrogens with zero attached hydrogens (tertiary/aromatic N) is 4. The quantitative estimate of drug-likeness (QED) is 0.752. The van der Waals surface area contributed by atoms with E-state index in [4.69, 9.17) is 5.73 Å². The highest BCUT2D eigenvalue weighted by atomic mass is 32.1. The molecule has 0 spiro atoms. The van der Waals surface area contributed by atoms with Crippen molar-refractivity contribution in [3.8, 4) is 0 Å². The Morgan fingerprint density at radius 1 is 1.29 bits per heavy atom. The first-order valence-corrected chi connectivity index (χ1v) is 6.35.